The van der Waals surface area contributed by atoms with E-state index in [1.165, 1.54) is 51.4 Å². The molecule has 0 unspecified atom stereocenters. The fraction of sp³-hybridized carbons (Fsp3) is 1.00. The molecule has 12 heavy (non-hydrogen) atoms. The Morgan fingerprint density at radius 2 is 1.25 bits per heavy atom. The van der Waals surface area contributed by atoms with Crippen LogP contribution in [-0.2, 0) is 0 Å². The van der Waals surface area contributed by atoms with Crippen molar-refractivity contribution < 1.29 is 0 Å². The van der Waals surface area contributed by atoms with Gasteiger partial charge in [-0.15, -0.1) is 0 Å². The lowest BCUT2D eigenvalue weighted by Gasteiger charge is -2.15. The summed E-state index contributed by atoms with van der Waals surface area (Å²) in [5.41, 5.74) is 0. The molecule has 0 atom stereocenters. The normalized spacial score (nSPS) is 34.5. The molecular formula is C10H18BrI. The van der Waals surface area contributed by atoms with Gasteiger partial charge in [-0.25, -0.2) is 0 Å². The van der Waals surface area contributed by atoms with E-state index in [1.807, 2.05) is 0 Å². The molecule has 1 rings (SSSR count). The summed E-state index contributed by atoms with van der Waals surface area (Å²) in [4.78, 5) is 0.809. The Bertz CT molecular complexity index is 90.4. The lowest BCUT2D eigenvalue weighted by atomic mass is 10.0. The van der Waals surface area contributed by atoms with Crippen molar-refractivity contribution in [3.63, 3.8) is 0 Å². The van der Waals surface area contributed by atoms with Crippen LogP contribution in [0.3, 0.4) is 0 Å². The summed E-state index contributed by atoms with van der Waals surface area (Å²) in [5, 5.41) is 0. The first kappa shape index (κ1) is 11.3. The molecule has 0 spiro atoms. The summed E-state index contributed by atoms with van der Waals surface area (Å²) in [5.74, 6) is 0. The lowest BCUT2D eigenvalue weighted by molar-refractivity contribution is 0.529. The summed E-state index contributed by atoms with van der Waals surface area (Å²) >= 11 is 6.37. The summed E-state index contributed by atoms with van der Waals surface area (Å²) in [6, 6.07) is 0. The molecule has 1 aliphatic rings. The number of rotatable bonds is 0. The summed E-state index contributed by atoms with van der Waals surface area (Å²) in [6.07, 6.45) is 11.4. The van der Waals surface area contributed by atoms with Gasteiger partial charge in [0.25, 0.3) is 0 Å². The average Bonchev–Trinajstić information content (AvgIpc) is 2.06. The van der Waals surface area contributed by atoms with E-state index >= 15 is 0 Å². The number of halogens is 2. The smallest absolute Gasteiger partial charge is 0.0145 e. The second kappa shape index (κ2) is 6.63. The monoisotopic (exact) mass is 344 g/mol. The Kier molecular flexibility index (Phi) is 6.24. The molecule has 0 N–H and O–H groups in total. The maximum absolute atomic E-state index is 3.75. The predicted octanol–water partition coefficient (Wildman–Crippen LogP) is 4.69. The van der Waals surface area contributed by atoms with E-state index in [2.05, 4.69) is 38.5 Å². The molecule has 1 fully saturated rings. The van der Waals surface area contributed by atoms with Crippen molar-refractivity contribution in [1.82, 2.24) is 0 Å². The number of alkyl halides is 2. The minimum absolute atomic E-state index is 0.809. The van der Waals surface area contributed by atoms with Crippen molar-refractivity contribution in [1.29, 1.82) is 0 Å². The van der Waals surface area contributed by atoms with Crippen LogP contribution >= 0.6 is 38.5 Å². The van der Waals surface area contributed by atoms with Gasteiger partial charge in [-0.2, -0.15) is 0 Å². The molecule has 0 bridgehead atoms. The van der Waals surface area contributed by atoms with E-state index in [0.717, 1.165) is 8.75 Å². The highest BCUT2D eigenvalue weighted by atomic mass is 127. The number of hydrogen-bond donors (Lipinski definition) is 0. The zero-order valence-electron chi connectivity index (χ0n) is 7.57. The third kappa shape index (κ3) is 5.05. The summed E-state index contributed by atoms with van der Waals surface area (Å²) < 4.78 is 0.953. The fourth-order valence-corrected chi connectivity index (χ4v) is 3.28. The van der Waals surface area contributed by atoms with Crippen LogP contribution in [0, 0.1) is 0 Å². The Morgan fingerprint density at radius 3 is 1.75 bits per heavy atom. The van der Waals surface area contributed by atoms with Crippen LogP contribution in [-0.4, -0.2) is 8.75 Å². The van der Waals surface area contributed by atoms with Gasteiger partial charge in [0.15, 0.2) is 0 Å². The van der Waals surface area contributed by atoms with Crippen LogP contribution < -0.4 is 0 Å². The molecule has 0 radical (unpaired) electrons. The van der Waals surface area contributed by atoms with Crippen molar-refractivity contribution in [3.8, 4) is 0 Å². The molecule has 0 aromatic rings. The molecular weight excluding hydrogens is 327 g/mol. The van der Waals surface area contributed by atoms with Crippen molar-refractivity contribution in [2.24, 2.45) is 0 Å². The van der Waals surface area contributed by atoms with Crippen molar-refractivity contribution in [2.45, 2.75) is 60.1 Å². The number of hydrogen-bond acceptors (Lipinski definition) is 0. The SMILES string of the molecule is BrC1CCCCC(I)CCCC1. The first-order chi connectivity index (χ1) is 5.79. The minimum Gasteiger partial charge on any atom is -0.0891 e. The summed E-state index contributed by atoms with van der Waals surface area (Å²) in [7, 11) is 0. The zero-order valence-corrected chi connectivity index (χ0v) is 11.3. The third-order valence-corrected chi connectivity index (χ3v) is 4.73. The van der Waals surface area contributed by atoms with E-state index in [0.29, 0.717) is 0 Å². The maximum Gasteiger partial charge on any atom is 0.0145 e. The van der Waals surface area contributed by atoms with E-state index in [4.69, 9.17) is 0 Å². The largest absolute Gasteiger partial charge is 0.0891 e. The predicted molar refractivity (Wildman–Crippen MR) is 67.5 cm³/mol. The van der Waals surface area contributed by atoms with Crippen molar-refractivity contribution >= 4 is 38.5 Å². The molecule has 72 valence electrons. The van der Waals surface area contributed by atoms with Gasteiger partial charge in [-0.1, -0.05) is 64.2 Å². The molecule has 0 nitrogen and oxygen atoms in total. The van der Waals surface area contributed by atoms with Crippen LogP contribution in [0.4, 0.5) is 0 Å². The van der Waals surface area contributed by atoms with E-state index in [1.54, 1.807) is 0 Å². The Labute approximate surface area is 98.1 Å². The van der Waals surface area contributed by atoms with Crippen LogP contribution in [0.25, 0.3) is 0 Å². The second-order valence-electron chi connectivity index (χ2n) is 3.76. The Balaban J connectivity index is 2.20. The molecule has 1 aliphatic carbocycles. The molecule has 0 aliphatic heterocycles. The van der Waals surface area contributed by atoms with Crippen molar-refractivity contribution in [3.05, 3.63) is 0 Å². The van der Waals surface area contributed by atoms with Gasteiger partial charge in [0.05, 0.1) is 0 Å². The standard InChI is InChI=1S/C10H18BrI/c11-9-5-1-3-7-10(12)8-4-2-6-9/h9-10H,1-8H2. The van der Waals surface area contributed by atoms with Crippen LogP contribution in [0.1, 0.15) is 51.4 Å². The second-order valence-corrected chi connectivity index (χ2v) is 6.82. The third-order valence-electron chi connectivity index (χ3n) is 2.57. The van der Waals surface area contributed by atoms with Gasteiger partial charge < -0.3 is 0 Å². The van der Waals surface area contributed by atoms with Crippen LogP contribution in [0.15, 0.2) is 0 Å². The van der Waals surface area contributed by atoms with Gasteiger partial charge in [0, 0.05) is 8.75 Å². The molecule has 2 heteroatoms. The van der Waals surface area contributed by atoms with E-state index < -0.39 is 0 Å². The van der Waals surface area contributed by atoms with Gasteiger partial charge in [0.1, 0.15) is 0 Å². The van der Waals surface area contributed by atoms with E-state index in [9.17, 15) is 0 Å². The minimum atomic E-state index is 0.809. The lowest BCUT2D eigenvalue weighted by Crippen LogP contribution is -2.04. The molecule has 0 heterocycles. The summed E-state index contributed by atoms with van der Waals surface area (Å²) in [6.45, 7) is 0. The van der Waals surface area contributed by atoms with Crippen molar-refractivity contribution in [2.75, 3.05) is 0 Å². The quantitative estimate of drug-likeness (QED) is 0.442. The molecule has 0 amide bonds. The molecule has 0 aromatic carbocycles. The fourth-order valence-electron chi connectivity index (χ4n) is 1.75. The van der Waals surface area contributed by atoms with Crippen LogP contribution in [0.2, 0.25) is 0 Å². The highest BCUT2D eigenvalue weighted by Crippen LogP contribution is 2.24. The first-order valence-electron chi connectivity index (χ1n) is 5.07. The Hall–Kier alpha value is 1.21. The Morgan fingerprint density at radius 1 is 0.833 bits per heavy atom. The van der Waals surface area contributed by atoms with Gasteiger partial charge in [0.2, 0.25) is 0 Å². The molecule has 1 saturated carbocycles. The van der Waals surface area contributed by atoms with Gasteiger partial charge in [-0.05, 0) is 25.7 Å². The maximum atomic E-state index is 3.75. The molecule has 0 aromatic heterocycles. The molecule has 0 saturated heterocycles. The van der Waals surface area contributed by atoms with E-state index in [-0.39, 0.29) is 0 Å². The zero-order chi connectivity index (χ0) is 8.81. The van der Waals surface area contributed by atoms with Gasteiger partial charge >= 0.3 is 0 Å². The van der Waals surface area contributed by atoms with Gasteiger partial charge in [-0.3, -0.25) is 0 Å². The topological polar surface area (TPSA) is 0 Å². The highest BCUT2D eigenvalue weighted by molar-refractivity contribution is 14.1. The first-order valence-corrected chi connectivity index (χ1v) is 7.23. The van der Waals surface area contributed by atoms with Crippen LogP contribution in [0.5, 0.6) is 0 Å². The average molecular weight is 345 g/mol. The highest BCUT2D eigenvalue weighted by Gasteiger charge is 2.09.